The van der Waals surface area contributed by atoms with Gasteiger partial charge < -0.3 is 19.9 Å². The summed E-state index contributed by atoms with van der Waals surface area (Å²) in [6, 6.07) is 16.2. The van der Waals surface area contributed by atoms with Gasteiger partial charge >= 0.3 is 6.03 Å². The van der Waals surface area contributed by atoms with E-state index >= 15 is 0 Å². The number of anilines is 1. The minimum Gasteiger partial charge on any atom is -0.456 e. The van der Waals surface area contributed by atoms with Gasteiger partial charge in [-0.2, -0.15) is 5.26 Å². The normalized spacial score (nSPS) is 16.8. The van der Waals surface area contributed by atoms with Crippen molar-refractivity contribution in [3.8, 4) is 17.6 Å². The summed E-state index contributed by atoms with van der Waals surface area (Å²) in [5.74, 6) is 1.64. The Hall–Kier alpha value is -3.04. The lowest BCUT2D eigenvalue weighted by molar-refractivity contribution is 0.170. The van der Waals surface area contributed by atoms with Crippen LogP contribution >= 0.6 is 0 Å². The quantitative estimate of drug-likeness (QED) is 0.848. The lowest BCUT2D eigenvalue weighted by atomic mass is 9.98. The lowest BCUT2D eigenvalue weighted by Crippen LogP contribution is -2.41. The van der Waals surface area contributed by atoms with E-state index < -0.39 is 0 Å². The molecule has 1 aliphatic rings. The van der Waals surface area contributed by atoms with E-state index in [9.17, 15) is 4.79 Å². The summed E-state index contributed by atoms with van der Waals surface area (Å²) in [6.45, 7) is 2.93. The third kappa shape index (κ3) is 5.24. The van der Waals surface area contributed by atoms with Crippen LogP contribution in [0, 0.1) is 17.2 Å². The number of nitriles is 1. The van der Waals surface area contributed by atoms with Crippen molar-refractivity contribution < 1.29 is 9.53 Å². The summed E-state index contributed by atoms with van der Waals surface area (Å²) in [5.41, 5.74) is 1.19. The molecular weight excluding hydrogens is 352 g/mol. The molecule has 3 rings (SSSR count). The largest absolute Gasteiger partial charge is 0.456 e. The molecule has 1 unspecified atom stereocenters. The molecule has 0 radical (unpaired) electrons. The molecule has 1 aliphatic heterocycles. The van der Waals surface area contributed by atoms with Crippen LogP contribution in [0.5, 0.6) is 11.5 Å². The van der Waals surface area contributed by atoms with Gasteiger partial charge in [0, 0.05) is 25.8 Å². The molecule has 28 heavy (non-hydrogen) atoms. The zero-order valence-corrected chi connectivity index (χ0v) is 16.4. The van der Waals surface area contributed by atoms with Gasteiger partial charge in [0.05, 0.1) is 5.56 Å². The highest BCUT2D eigenvalue weighted by Crippen LogP contribution is 2.26. The van der Waals surface area contributed by atoms with Crippen molar-refractivity contribution >= 4 is 11.7 Å². The predicted octanol–water partition coefficient (Wildman–Crippen LogP) is 4.16. The van der Waals surface area contributed by atoms with E-state index in [1.54, 1.807) is 47.4 Å². The van der Waals surface area contributed by atoms with Gasteiger partial charge in [-0.05, 0) is 68.8 Å². The molecule has 0 bridgehead atoms. The number of amides is 2. The van der Waals surface area contributed by atoms with Gasteiger partial charge in [-0.15, -0.1) is 0 Å². The molecule has 2 aromatic rings. The monoisotopic (exact) mass is 378 g/mol. The number of benzene rings is 2. The molecule has 146 valence electrons. The standard InChI is InChI=1S/C22H26N4O2/c1-25-13-5-6-17(15-25)16-26(2)22(27)24-19-9-11-20(12-10-19)28-21-8-4-3-7-18(21)14-23/h3-4,7-12,17H,5-6,13,15-16H2,1-2H3,(H,24,27). The van der Waals surface area contributed by atoms with E-state index in [1.807, 2.05) is 13.1 Å². The first-order chi connectivity index (χ1) is 13.5. The number of urea groups is 1. The number of nitrogens with zero attached hydrogens (tertiary/aromatic N) is 3. The fourth-order valence-corrected chi connectivity index (χ4v) is 3.49. The molecule has 2 aromatic carbocycles. The molecule has 1 saturated heterocycles. The number of piperidine rings is 1. The van der Waals surface area contributed by atoms with E-state index in [0.717, 1.165) is 26.1 Å². The molecule has 1 heterocycles. The highest BCUT2D eigenvalue weighted by molar-refractivity contribution is 5.89. The molecule has 1 N–H and O–H groups in total. The maximum Gasteiger partial charge on any atom is 0.321 e. The Morgan fingerprint density at radius 3 is 2.75 bits per heavy atom. The minimum absolute atomic E-state index is 0.114. The summed E-state index contributed by atoms with van der Waals surface area (Å²) >= 11 is 0. The number of ether oxygens (including phenoxy) is 1. The third-order valence-electron chi connectivity index (χ3n) is 4.94. The Kier molecular flexibility index (Phi) is 6.51. The highest BCUT2D eigenvalue weighted by Gasteiger charge is 2.20. The molecule has 0 spiro atoms. The van der Waals surface area contributed by atoms with E-state index in [4.69, 9.17) is 10.00 Å². The summed E-state index contributed by atoms with van der Waals surface area (Å²) in [6.07, 6.45) is 2.35. The van der Waals surface area contributed by atoms with Gasteiger partial charge in [0.25, 0.3) is 0 Å². The Labute approximate surface area is 166 Å². The molecule has 1 atom stereocenters. The zero-order valence-electron chi connectivity index (χ0n) is 16.4. The molecule has 6 nitrogen and oxygen atoms in total. The molecule has 6 heteroatoms. The molecule has 0 saturated carbocycles. The summed E-state index contributed by atoms with van der Waals surface area (Å²) in [4.78, 5) is 16.5. The van der Waals surface area contributed by atoms with Gasteiger partial charge in [0.1, 0.15) is 17.6 Å². The number of rotatable bonds is 5. The number of carbonyl (C=O) groups excluding carboxylic acids is 1. The van der Waals surface area contributed by atoms with E-state index in [1.165, 1.54) is 6.42 Å². The fourth-order valence-electron chi connectivity index (χ4n) is 3.49. The highest BCUT2D eigenvalue weighted by atomic mass is 16.5. The second-order valence-electron chi connectivity index (χ2n) is 7.32. The van der Waals surface area contributed by atoms with Crippen LogP contribution in [0.1, 0.15) is 18.4 Å². The first-order valence-electron chi connectivity index (χ1n) is 9.53. The molecule has 2 amide bonds. The average molecular weight is 378 g/mol. The Morgan fingerprint density at radius 2 is 2.04 bits per heavy atom. The number of hydrogen-bond donors (Lipinski definition) is 1. The second kappa shape index (κ2) is 9.25. The van der Waals surface area contributed by atoms with Gasteiger partial charge in [0.15, 0.2) is 0 Å². The van der Waals surface area contributed by atoms with Gasteiger partial charge in [0.2, 0.25) is 0 Å². The van der Waals surface area contributed by atoms with Crippen molar-refractivity contribution in [2.24, 2.45) is 5.92 Å². The SMILES string of the molecule is CN1CCCC(CN(C)C(=O)Nc2ccc(Oc3ccccc3C#N)cc2)C1. The summed E-state index contributed by atoms with van der Waals surface area (Å²) in [7, 11) is 3.96. The maximum absolute atomic E-state index is 12.5. The van der Waals surface area contributed by atoms with Crippen LogP contribution in [0.3, 0.4) is 0 Å². The molecule has 1 fully saturated rings. The number of likely N-dealkylation sites (tertiary alicyclic amines) is 1. The number of carbonyl (C=O) groups is 1. The topological polar surface area (TPSA) is 68.6 Å². The first kappa shape index (κ1) is 19.7. The Morgan fingerprint density at radius 1 is 1.29 bits per heavy atom. The maximum atomic E-state index is 12.5. The van der Waals surface area contributed by atoms with E-state index in [0.29, 0.717) is 28.7 Å². The van der Waals surface area contributed by atoms with E-state index in [-0.39, 0.29) is 6.03 Å². The van der Waals surface area contributed by atoms with Crippen molar-refractivity contribution in [3.63, 3.8) is 0 Å². The minimum atomic E-state index is -0.114. The van der Waals surface area contributed by atoms with Crippen molar-refractivity contribution in [3.05, 3.63) is 54.1 Å². The van der Waals surface area contributed by atoms with Crippen LogP contribution in [-0.4, -0.2) is 49.6 Å². The van der Waals surface area contributed by atoms with E-state index in [2.05, 4.69) is 23.3 Å². The lowest BCUT2D eigenvalue weighted by Gasteiger charge is -2.32. The van der Waals surface area contributed by atoms with Gasteiger partial charge in [-0.25, -0.2) is 4.79 Å². The molecule has 0 aromatic heterocycles. The van der Waals surface area contributed by atoms with Crippen molar-refractivity contribution in [2.75, 3.05) is 39.0 Å². The smallest absolute Gasteiger partial charge is 0.321 e. The van der Waals surface area contributed by atoms with Crippen molar-refractivity contribution in [1.29, 1.82) is 5.26 Å². The number of para-hydroxylation sites is 1. The summed E-state index contributed by atoms with van der Waals surface area (Å²) in [5, 5.41) is 12.1. The molecular formula is C22H26N4O2. The fraction of sp³-hybridized carbons (Fsp3) is 0.364. The van der Waals surface area contributed by atoms with Crippen LogP contribution in [0.25, 0.3) is 0 Å². The molecule has 0 aliphatic carbocycles. The second-order valence-corrected chi connectivity index (χ2v) is 7.32. The van der Waals surface area contributed by atoms with Gasteiger partial charge in [-0.3, -0.25) is 0 Å². The van der Waals surface area contributed by atoms with Crippen LogP contribution in [-0.2, 0) is 0 Å². The number of nitrogens with one attached hydrogen (secondary N) is 1. The first-order valence-corrected chi connectivity index (χ1v) is 9.53. The van der Waals surface area contributed by atoms with Crippen LogP contribution in [0.15, 0.2) is 48.5 Å². The van der Waals surface area contributed by atoms with Crippen molar-refractivity contribution in [2.45, 2.75) is 12.8 Å². The van der Waals surface area contributed by atoms with Crippen LogP contribution in [0.2, 0.25) is 0 Å². The van der Waals surface area contributed by atoms with Gasteiger partial charge in [-0.1, -0.05) is 12.1 Å². The Balaban J connectivity index is 1.54. The van der Waals surface area contributed by atoms with Crippen molar-refractivity contribution in [1.82, 2.24) is 9.80 Å². The number of hydrogen-bond acceptors (Lipinski definition) is 4. The Bertz CT molecular complexity index is 844. The van der Waals surface area contributed by atoms with Crippen LogP contribution < -0.4 is 10.1 Å². The average Bonchev–Trinajstić information content (AvgIpc) is 2.70. The predicted molar refractivity (Wildman–Crippen MR) is 110 cm³/mol. The summed E-state index contributed by atoms with van der Waals surface area (Å²) < 4.78 is 5.77. The third-order valence-corrected chi connectivity index (χ3v) is 4.94. The zero-order chi connectivity index (χ0) is 19.9. The van der Waals surface area contributed by atoms with Crippen LogP contribution in [0.4, 0.5) is 10.5 Å².